The van der Waals surface area contributed by atoms with Gasteiger partial charge in [0.2, 0.25) is 5.89 Å². The lowest BCUT2D eigenvalue weighted by Gasteiger charge is -2.28. The van der Waals surface area contributed by atoms with Crippen LogP contribution in [0.1, 0.15) is 43.7 Å². The average Bonchev–Trinajstić information content (AvgIpc) is 2.90. The van der Waals surface area contributed by atoms with Crippen LogP contribution in [0.4, 0.5) is 0 Å². The Hall–Kier alpha value is -1.75. The summed E-state index contributed by atoms with van der Waals surface area (Å²) in [7, 11) is 0. The second-order valence-electron chi connectivity index (χ2n) is 6.30. The van der Waals surface area contributed by atoms with Gasteiger partial charge < -0.3 is 4.42 Å². The lowest BCUT2D eigenvalue weighted by molar-refractivity contribution is 0.218. The van der Waals surface area contributed by atoms with Gasteiger partial charge in [-0.3, -0.25) is 4.90 Å². The van der Waals surface area contributed by atoms with E-state index in [-0.39, 0.29) is 5.41 Å². The molecule has 20 heavy (non-hydrogen) atoms. The van der Waals surface area contributed by atoms with E-state index in [0.717, 1.165) is 37.8 Å². The Labute approximate surface area is 119 Å². The zero-order valence-corrected chi connectivity index (χ0v) is 12.3. The molecule has 3 heterocycles. The van der Waals surface area contributed by atoms with Crippen LogP contribution in [-0.4, -0.2) is 26.4 Å². The van der Waals surface area contributed by atoms with Crippen LogP contribution in [0.5, 0.6) is 0 Å². The van der Waals surface area contributed by atoms with Gasteiger partial charge in [0, 0.05) is 42.4 Å². The van der Waals surface area contributed by atoms with Gasteiger partial charge in [-0.05, 0) is 0 Å². The molecule has 5 nitrogen and oxygen atoms in total. The molecule has 0 saturated carbocycles. The average molecular weight is 272 g/mol. The smallest absolute Gasteiger partial charge is 0.208 e. The molecule has 0 unspecified atom stereocenters. The van der Waals surface area contributed by atoms with Gasteiger partial charge in [-0.25, -0.2) is 15.0 Å². The SMILES string of the molecule is CC(C)(C)c1ncc2c(n1)CCN(Cc1ncco1)C2. The minimum absolute atomic E-state index is 0.00422. The Bertz CT molecular complexity index is 586. The molecule has 0 bridgehead atoms. The number of aromatic nitrogens is 3. The molecule has 2 aromatic rings. The summed E-state index contributed by atoms with van der Waals surface area (Å²) in [5.41, 5.74) is 2.41. The summed E-state index contributed by atoms with van der Waals surface area (Å²) in [6, 6.07) is 0. The molecule has 0 radical (unpaired) electrons. The molecule has 0 amide bonds. The first kappa shape index (κ1) is 13.2. The Morgan fingerprint density at radius 2 is 2.15 bits per heavy atom. The molecule has 1 aliphatic rings. The van der Waals surface area contributed by atoms with Crippen LogP contribution >= 0.6 is 0 Å². The van der Waals surface area contributed by atoms with Crippen LogP contribution in [0.3, 0.4) is 0 Å². The predicted molar refractivity (Wildman–Crippen MR) is 75.1 cm³/mol. The standard InChI is InChI=1S/C15H20N4O/c1-15(2,3)14-17-8-11-9-19(6-4-12(11)18-14)10-13-16-5-7-20-13/h5,7-8H,4,6,9-10H2,1-3H3. The lowest BCUT2D eigenvalue weighted by atomic mass is 9.95. The molecule has 0 spiro atoms. The molecular formula is C15H20N4O. The second-order valence-corrected chi connectivity index (χ2v) is 6.30. The van der Waals surface area contributed by atoms with E-state index < -0.39 is 0 Å². The monoisotopic (exact) mass is 272 g/mol. The van der Waals surface area contributed by atoms with Crippen LogP contribution in [0.2, 0.25) is 0 Å². The van der Waals surface area contributed by atoms with Gasteiger partial charge in [-0.1, -0.05) is 20.8 Å². The fourth-order valence-corrected chi connectivity index (χ4v) is 2.39. The van der Waals surface area contributed by atoms with E-state index in [2.05, 4.69) is 35.6 Å². The van der Waals surface area contributed by atoms with E-state index in [1.807, 2.05) is 6.20 Å². The van der Waals surface area contributed by atoms with Gasteiger partial charge in [0.05, 0.1) is 12.7 Å². The van der Waals surface area contributed by atoms with Gasteiger partial charge >= 0.3 is 0 Å². The fourth-order valence-electron chi connectivity index (χ4n) is 2.39. The maximum Gasteiger partial charge on any atom is 0.208 e. The van der Waals surface area contributed by atoms with Gasteiger partial charge in [0.25, 0.3) is 0 Å². The first-order chi connectivity index (χ1) is 9.52. The molecule has 1 aliphatic heterocycles. The first-order valence-corrected chi connectivity index (χ1v) is 6.98. The summed E-state index contributed by atoms with van der Waals surface area (Å²) < 4.78 is 5.30. The van der Waals surface area contributed by atoms with Crippen molar-refractivity contribution in [1.29, 1.82) is 0 Å². The van der Waals surface area contributed by atoms with E-state index in [9.17, 15) is 0 Å². The van der Waals surface area contributed by atoms with Gasteiger partial charge in [-0.15, -0.1) is 0 Å². The zero-order chi connectivity index (χ0) is 14.2. The third kappa shape index (κ3) is 2.72. The third-order valence-corrected chi connectivity index (χ3v) is 3.53. The minimum Gasteiger partial charge on any atom is -0.448 e. The molecule has 106 valence electrons. The van der Waals surface area contributed by atoms with Crippen molar-refractivity contribution in [3.63, 3.8) is 0 Å². The van der Waals surface area contributed by atoms with E-state index in [1.165, 1.54) is 11.3 Å². The van der Waals surface area contributed by atoms with E-state index in [1.54, 1.807) is 12.5 Å². The second kappa shape index (κ2) is 4.98. The zero-order valence-electron chi connectivity index (χ0n) is 12.3. The highest BCUT2D eigenvalue weighted by Crippen LogP contribution is 2.23. The van der Waals surface area contributed by atoms with Crippen LogP contribution in [-0.2, 0) is 24.9 Å². The van der Waals surface area contributed by atoms with Crippen molar-refractivity contribution in [2.75, 3.05) is 6.54 Å². The van der Waals surface area contributed by atoms with Crippen molar-refractivity contribution in [2.45, 2.75) is 45.7 Å². The molecule has 0 aliphatic carbocycles. The number of rotatable bonds is 2. The molecule has 0 N–H and O–H groups in total. The van der Waals surface area contributed by atoms with Crippen LogP contribution in [0, 0.1) is 0 Å². The predicted octanol–water partition coefficient (Wildman–Crippen LogP) is 2.32. The highest BCUT2D eigenvalue weighted by molar-refractivity contribution is 5.22. The van der Waals surface area contributed by atoms with Crippen molar-refractivity contribution >= 4 is 0 Å². The number of oxazole rings is 1. The molecule has 3 rings (SSSR count). The summed E-state index contributed by atoms with van der Waals surface area (Å²) in [5.74, 6) is 1.69. The molecule has 2 aromatic heterocycles. The summed E-state index contributed by atoms with van der Waals surface area (Å²) in [6.07, 6.45) is 6.24. The van der Waals surface area contributed by atoms with Crippen LogP contribution in [0.15, 0.2) is 23.1 Å². The van der Waals surface area contributed by atoms with Crippen LogP contribution < -0.4 is 0 Å². The molecule has 5 heteroatoms. The summed E-state index contributed by atoms with van der Waals surface area (Å²) in [4.78, 5) is 15.7. The van der Waals surface area contributed by atoms with Gasteiger partial charge in [0.15, 0.2) is 0 Å². The van der Waals surface area contributed by atoms with Gasteiger partial charge in [-0.2, -0.15) is 0 Å². The number of hydrogen-bond donors (Lipinski definition) is 0. The Morgan fingerprint density at radius 1 is 1.30 bits per heavy atom. The maximum atomic E-state index is 5.30. The van der Waals surface area contributed by atoms with E-state index in [4.69, 9.17) is 9.40 Å². The highest BCUT2D eigenvalue weighted by Gasteiger charge is 2.23. The van der Waals surface area contributed by atoms with Gasteiger partial charge in [0.1, 0.15) is 12.1 Å². The lowest BCUT2D eigenvalue weighted by Crippen LogP contribution is -2.32. The summed E-state index contributed by atoms with van der Waals surface area (Å²) >= 11 is 0. The maximum absolute atomic E-state index is 5.30. The van der Waals surface area contributed by atoms with Crippen molar-refractivity contribution in [2.24, 2.45) is 0 Å². The van der Waals surface area contributed by atoms with Crippen molar-refractivity contribution in [1.82, 2.24) is 19.9 Å². The first-order valence-electron chi connectivity index (χ1n) is 6.98. The Balaban J connectivity index is 1.75. The van der Waals surface area contributed by atoms with Crippen molar-refractivity contribution in [3.8, 4) is 0 Å². The Kier molecular flexibility index (Phi) is 3.30. The van der Waals surface area contributed by atoms with E-state index in [0.29, 0.717) is 0 Å². The number of hydrogen-bond acceptors (Lipinski definition) is 5. The molecule has 0 aromatic carbocycles. The number of fused-ring (bicyclic) bond motifs is 1. The highest BCUT2D eigenvalue weighted by atomic mass is 16.3. The largest absolute Gasteiger partial charge is 0.448 e. The third-order valence-electron chi connectivity index (χ3n) is 3.53. The van der Waals surface area contributed by atoms with Crippen molar-refractivity contribution in [3.05, 3.63) is 41.6 Å². The Morgan fingerprint density at radius 3 is 2.85 bits per heavy atom. The van der Waals surface area contributed by atoms with E-state index >= 15 is 0 Å². The van der Waals surface area contributed by atoms with Crippen LogP contribution in [0.25, 0.3) is 0 Å². The summed E-state index contributed by atoms with van der Waals surface area (Å²) in [6.45, 7) is 9.02. The normalized spacial score (nSPS) is 16.1. The fraction of sp³-hybridized carbons (Fsp3) is 0.533. The molecule has 0 fully saturated rings. The topological polar surface area (TPSA) is 55.1 Å². The summed E-state index contributed by atoms with van der Waals surface area (Å²) in [5, 5.41) is 0. The minimum atomic E-state index is 0.00422. The molecular weight excluding hydrogens is 252 g/mol. The molecule has 0 saturated heterocycles. The number of nitrogens with zero attached hydrogens (tertiary/aromatic N) is 4. The quantitative estimate of drug-likeness (QED) is 0.839. The van der Waals surface area contributed by atoms with Crippen molar-refractivity contribution < 1.29 is 4.42 Å². The molecule has 0 atom stereocenters.